The minimum atomic E-state index is -0.377. The van der Waals surface area contributed by atoms with Gasteiger partial charge in [-0.25, -0.2) is 4.79 Å². The molecule has 3 rings (SSSR count). The molecule has 1 saturated heterocycles. The van der Waals surface area contributed by atoms with Crippen molar-refractivity contribution in [1.82, 2.24) is 14.8 Å². The summed E-state index contributed by atoms with van der Waals surface area (Å²) in [5.74, 6) is -0.377. The Balaban J connectivity index is 2.08. The van der Waals surface area contributed by atoms with Gasteiger partial charge in [-0.05, 0) is 19.5 Å². The van der Waals surface area contributed by atoms with Crippen molar-refractivity contribution >= 4 is 11.8 Å². The molecule has 0 spiro atoms. The Hall–Kier alpha value is -1.75. The third-order valence-electron chi connectivity index (χ3n) is 3.49. The molecule has 0 bridgehead atoms. The summed E-state index contributed by atoms with van der Waals surface area (Å²) < 4.78 is 5.29. The van der Waals surface area contributed by atoms with Crippen LogP contribution >= 0.6 is 0 Å². The van der Waals surface area contributed by atoms with E-state index in [0.717, 1.165) is 43.6 Å². The van der Waals surface area contributed by atoms with Crippen LogP contribution in [-0.2, 0) is 0 Å². The molecule has 18 heavy (non-hydrogen) atoms. The van der Waals surface area contributed by atoms with Gasteiger partial charge in [-0.2, -0.15) is 0 Å². The lowest BCUT2D eigenvalue weighted by Gasteiger charge is -2.34. The van der Waals surface area contributed by atoms with Crippen LogP contribution in [0.2, 0.25) is 0 Å². The summed E-state index contributed by atoms with van der Waals surface area (Å²) in [6, 6.07) is 0. The standard InChI is InChI=1S/C13H17N3O2/c1-15-6-8-16(9-7-15)11-5-3-2-4-10-12(11)18-13(17)14-10/h3-5H,2,6-9H2,1H3,(H,14,17). The van der Waals surface area contributed by atoms with Crippen LogP contribution in [0.25, 0.3) is 11.8 Å². The number of aromatic amines is 1. The van der Waals surface area contributed by atoms with Crippen molar-refractivity contribution in [3.63, 3.8) is 0 Å². The van der Waals surface area contributed by atoms with Gasteiger partial charge in [-0.1, -0.05) is 12.2 Å². The van der Waals surface area contributed by atoms with Crippen molar-refractivity contribution in [2.75, 3.05) is 33.2 Å². The third-order valence-corrected chi connectivity index (χ3v) is 3.49. The lowest BCUT2D eigenvalue weighted by atomic mass is 10.2. The molecule has 0 amide bonds. The lowest BCUT2D eigenvalue weighted by molar-refractivity contribution is 0.205. The normalized spacial score (nSPS) is 20.5. The van der Waals surface area contributed by atoms with Gasteiger partial charge in [-0.15, -0.1) is 0 Å². The highest BCUT2D eigenvalue weighted by Gasteiger charge is 2.17. The van der Waals surface area contributed by atoms with Crippen LogP contribution in [0.5, 0.6) is 0 Å². The molecule has 0 aromatic carbocycles. The van der Waals surface area contributed by atoms with E-state index in [1.807, 2.05) is 6.08 Å². The average molecular weight is 247 g/mol. The Bertz CT molecular complexity index is 630. The zero-order valence-corrected chi connectivity index (χ0v) is 10.5. The Morgan fingerprint density at radius 1 is 1.28 bits per heavy atom. The van der Waals surface area contributed by atoms with Gasteiger partial charge in [0.15, 0.2) is 5.42 Å². The molecule has 96 valence electrons. The number of nitrogens with one attached hydrogen (secondary N) is 1. The fourth-order valence-corrected chi connectivity index (χ4v) is 2.41. The van der Waals surface area contributed by atoms with E-state index in [1.54, 1.807) is 0 Å². The second kappa shape index (κ2) is 4.49. The first-order valence-corrected chi connectivity index (χ1v) is 6.28. The van der Waals surface area contributed by atoms with Crippen molar-refractivity contribution in [2.45, 2.75) is 6.42 Å². The molecular weight excluding hydrogens is 230 g/mol. The molecule has 0 atom stereocenters. The molecule has 1 aromatic heterocycles. The van der Waals surface area contributed by atoms with Gasteiger partial charge in [0.2, 0.25) is 0 Å². The van der Waals surface area contributed by atoms with Gasteiger partial charge in [0, 0.05) is 26.2 Å². The van der Waals surface area contributed by atoms with Crippen molar-refractivity contribution < 1.29 is 4.42 Å². The number of aromatic nitrogens is 1. The zero-order valence-electron chi connectivity index (χ0n) is 10.5. The van der Waals surface area contributed by atoms with E-state index in [4.69, 9.17) is 4.42 Å². The highest BCUT2D eigenvalue weighted by molar-refractivity contribution is 5.55. The summed E-state index contributed by atoms with van der Waals surface area (Å²) in [4.78, 5) is 18.7. The van der Waals surface area contributed by atoms with E-state index in [2.05, 4.69) is 34.0 Å². The summed E-state index contributed by atoms with van der Waals surface area (Å²) in [5, 5.41) is 0.805. The van der Waals surface area contributed by atoms with E-state index in [-0.39, 0.29) is 5.76 Å². The maximum atomic E-state index is 11.3. The Morgan fingerprint density at radius 3 is 2.83 bits per heavy atom. The molecule has 2 heterocycles. The van der Waals surface area contributed by atoms with Gasteiger partial charge in [0.1, 0.15) is 0 Å². The largest absolute Gasteiger partial charge is 0.417 e. The number of oxazole rings is 1. The fourth-order valence-electron chi connectivity index (χ4n) is 2.41. The second-order valence-electron chi connectivity index (χ2n) is 4.78. The van der Waals surface area contributed by atoms with Crippen molar-refractivity contribution in [3.8, 4) is 0 Å². The minimum Gasteiger partial charge on any atom is -0.406 e. The first-order chi connectivity index (χ1) is 8.74. The Labute approximate surface area is 105 Å². The van der Waals surface area contributed by atoms with E-state index in [9.17, 15) is 4.79 Å². The summed E-state index contributed by atoms with van der Waals surface area (Å²) >= 11 is 0. The molecule has 1 aliphatic carbocycles. The van der Waals surface area contributed by atoms with E-state index >= 15 is 0 Å². The van der Waals surface area contributed by atoms with E-state index in [1.165, 1.54) is 0 Å². The number of rotatable bonds is 1. The van der Waals surface area contributed by atoms with Gasteiger partial charge in [-0.3, -0.25) is 4.98 Å². The number of hydrogen-bond acceptors (Lipinski definition) is 4. The maximum absolute atomic E-state index is 11.3. The summed E-state index contributed by atoms with van der Waals surface area (Å²) in [5.41, 5.74) is 1.70. The summed E-state index contributed by atoms with van der Waals surface area (Å²) in [6.07, 6.45) is 6.96. The Morgan fingerprint density at radius 2 is 2.06 bits per heavy atom. The number of hydrogen-bond donors (Lipinski definition) is 1. The van der Waals surface area contributed by atoms with Crippen LogP contribution in [0, 0.1) is 0 Å². The number of likely N-dealkylation sites (N-methyl/N-ethyl adjacent to an activating group) is 1. The number of H-pyrrole nitrogens is 1. The lowest BCUT2D eigenvalue weighted by Crippen LogP contribution is -2.45. The molecule has 1 fully saturated rings. The SMILES string of the molecule is CN1CCN(C2=c3oc(=O)[nH]c3=CCC=C2)CC1. The van der Waals surface area contributed by atoms with Crippen molar-refractivity contribution in [2.24, 2.45) is 0 Å². The highest BCUT2D eigenvalue weighted by atomic mass is 16.4. The predicted octanol–water partition coefficient (Wildman–Crippen LogP) is -0.936. The molecule has 1 aliphatic heterocycles. The molecule has 1 aromatic rings. The van der Waals surface area contributed by atoms with Gasteiger partial charge in [0.25, 0.3) is 0 Å². The van der Waals surface area contributed by atoms with Crippen LogP contribution in [-0.4, -0.2) is 48.0 Å². The minimum absolute atomic E-state index is 0.377. The van der Waals surface area contributed by atoms with Crippen molar-refractivity contribution in [1.29, 1.82) is 0 Å². The molecule has 0 unspecified atom stereocenters. The predicted molar refractivity (Wildman–Crippen MR) is 69.3 cm³/mol. The van der Waals surface area contributed by atoms with Crippen LogP contribution in [0.3, 0.4) is 0 Å². The second-order valence-corrected chi connectivity index (χ2v) is 4.78. The summed E-state index contributed by atoms with van der Waals surface area (Å²) in [6.45, 7) is 3.99. The van der Waals surface area contributed by atoms with E-state index in [0.29, 0.717) is 5.42 Å². The molecule has 2 aliphatic rings. The monoisotopic (exact) mass is 247 g/mol. The van der Waals surface area contributed by atoms with Crippen molar-refractivity contribution in [3.05, 3.63) is 33.5 Å². The van der Waals surface area contributed by atoms with Gasteiger partial charge < -0.3 is 14.2 Å². The Kier molecular flexibility index (Phi) is 2.83. The zero-order chi connectivity index (χ0) is 12.5. The smallest absolute Gasteiger partial charge is 0.406 e. The average Bonchev–Trinajstić information content (AvgIpc) is 2.61. The van der Waals surface area contributed by atoms with Crippen LogP contribution in [0.1, 0.15) is 6.42 Å². The van der Waals surface area contributed by atoms with Crippen LogP contribution in [0.15, 0.2) is 21.4 Å². The van der Waals surface area contributed by atoms with Gasteiger partial charge in [0.05, 0.1) is 11.0 Å². The molecule has 0 saturated carbocycles. The molecule has 5 nitrogen and oxygen atoms in total. The highest BCUT2D eigenvalue weighted by Crippen LogP contribution is 2.10. The van der Waals surface area contributed by atoms with Gasteiger partial charge >= 0.3 is 5.76 Å². The van der Waals surface area contributed by atoms with Crippen LogP contribution < -0.4 is 16.5 Å². The van der Waals surface area contributed by atoms with Crippen LogP contribution in [0.4, 0.5) is 0 Å². The number of nitrogens with zero attached hydrogens (tertiary/aromatic N) is 2. The number of piperazine rings is 1. The first kappa shape index (κ1) is 11.3. The molecule has 5 heteroatoms. The number of allylic oxidation sites excluding steroid dienone is 1. The summed E-state index contributed by atoms with van der Waals surface area (Å²) in [7, 11) is 2.13. The fraction of sp³-hybridized carbons (Fsp3) is 0.462. The molecular formula is C13H17N3O2. The topological polar surface area (TPSA) is 52.5 Å². The van der Waals surface area contributed by atoms with E-state index < -0.39 is 0 Å². The number of fused-ring (bicyclic) bond motifs is 1. The third kappa shape index (κ3) is 2.01. The first-order valence-electron chi connectivity index (χ1n) is 6.28. The maximum Gasteiger partial charge on any atom is 0.417 e. The molecule has 0 radical (unpaired) electrons. The quantitative estimate of drug-likeness (QED) is 0.696. The molecule has 1 N–H and O–H groups in total.